The molecule has 0 bridgehead atoms. The highest BCUT2D eigenvalue weighted by Gasteiger charge is 2.16. The fourth-order valence-electron chi connectivity index (χ4n) is 2.53. The molecular weight excluding hydrogens is 290 g/mol. The Balaban J connectivity index is 1.61. The van der Waals surface area contributed by atoms with Gasteiger partial charge in [0.05, 0.1) is 6.10 Å². The van der Waals surface area contributed by atoms with Crippen molar-refractivity contribution >= 4 is 11.6 Å². The molecule has 1 fully saturated rings. The molecule has 0 aliphatic carbocycles. The van der Waals surface area contributed by atoms with Crippen LogP contribution in [0.3, 0.4) is 0 Å². The lowest BCUT2D eigenvalue weighted by molar-refractivity contribution is 0.0679. The lowest BCUT2D eigenvalue weighted by Crippen LogP contribution is -2.17. The molecule has 0 spiro atoms. The summed E-state index contributed by atoms with van der Waals surface area (Å²) in [5.41, 5.74) is 2.52. The summed E-state index contributed by atoms with van der Waals surface area (Å²) in [6, 6.07) is 15.0. The van der Waals surface area contributed by atoms with E-state index < -0.39 is 0 Å². The van der Waals surface area contributed by atoms with Crippen LogP contribution in [0.2, 0.25) is 0 Å². The van der Waals surface area contributed by atoms with Crippen LogP contribution in [0.5, 0.6) is 5.75 Å². The number of carbonyl (C=O) groups is 1. The largest absolute Gasteiger partial charge is 0.491 e. The van der Waals surface area contributed by atoms with Crippen LogP contribution in [0.15, 0.2) is 48.5 Å². The molecule has 4 nitrogen and oxygen atoms in total. The molecule has 0 saturated carbocycles. The molecule has 4 heteroatoms. The Kier molecular flexibility index (Phi) is 4.93. The summed E-state index contributed by atoms with van der Waals surface area (Å²) < 4.78 is 11.3. The maximum atomic E-state index is 12.3. The maximum absolute atomic E-state index is 12.3. The van der Waals surface area contributed by atoms with Gasteiger partial charge in [0.2, 0.25) is 0 Å². The second-order valence-electron chi connectivity index (χ2n) is 5.79. The zero-order valence-electron chi connectivity index (χ0n) is 13.2. The molecule has 2 aromatic carbocycles. The van der Waals surface area contributed by atoms with Gasteiger partial charge in [-0.15, -0.1) is 0 Å². The summed E-state index contributed by atoms with van der Waals surface area (Å²) in [6.07, 6.45) is 2.29. The molecule has 1 aliphatic rings. The van der Waals surface area contributed by atoms with E-state index in [1.807, 2.05) is 43.3 Å². The summed E-state index contributed by atoms with van der Waals surface area (Å²) >= 11 is 0. The minimum Gasteiger partial charge on any atom is -0.491 e. The number of hydrogen-bond donors (Lipinski definition) is 1. The van der Waals surface area contributed by atoms with E-state index in [-0.39, 0.29) is 12.0 Å². The summed E-state index contributed by atoms with van der Waals surface area (Å²) in [5.74, 6) is 0.550. The zero-order chi connectivity index (χ0) is 16.1. The third-order valence-corrected chi connectivity index (χ3v) is 3.87. The second kappa shape index (κ2) is 7.29. The van der Waals surface area contributed by atoms with Gasteiger partial charge in [-0.25, -0.2) is 0 Å². The number of nitrogens with one attached hydrogen (secondary N) is 1. The van der Waals surface area contributed by atoms with Gasteiger partial charge in [-0.3, -0.25) is 4.79 Å². The highest BCUT2D eigenvalue weighted by molar-refractivity contribution is 6.04. The lowest BCUT2D eigenvalue weighted by atomic mass is 10.2. The standard InChI is InChI=1S/C19H21NO3/c1-14-7-9-16(10-8-14)20-19(21)15-4-2-5-17(12-15)23-13-18-6-3-11-22-18/h2,4-5,7-10,12,18H,3,6,11,13H2,1H3,(H,20,21). The van der Waals surface area contributed by atoms with Gasteiger partial charge in [0.1, 0.15) is 12.4 Å². The van der Waals surface area contributed by atoms with Crippen molar-refractivity contribution in [2.45, 2.75) is 25.9 Å². The zero-order valence-corrected chi connectivity index (χ0v) is 13.2. The van der Waals surface area contributed by atoms with E-state index in [1.165, 1.54) is 0 Å². The minimum absolute atomic E-state index is 0.142. The lowest BCUT2D eigenvalue weighted by Gasteiger charge is -2.12. The van der Waals surface area contributed by atoms with Crippen LogP contribution in [0.25, 0.3) is 0 Å². The Morgan fingerprint density at radius 3 is 2.83 bits per heavy atom. The molecule has 0 radical (unpaired) electrons. The van der Waals surface area contributed by atoms with E-state index >= 15 is 0 Å². The number of benzene rings is 2. The van der Waals surface area contributed by atoms with Gasteiger partial charge >= 0.3 is 0 Å². The van der Waals surface area contributed by atoms with Gasteiger partial charge in [-0.05, 0) is 50.1 Å². The van der Waals surface area contributed by atoms with Crippen molar-refractivity contribution < 1.29 is 14.3 Å². The summed E-state index contributed by atoms with van der Waals surface area (Å²) in [7, 11) is 0. The van der Waals surface area contributed by atoms with Crippen LogP contribution in [0.1, 0.15) is 28.8 Å². The molecular formula is C19H21NO3. The number of ether oxygens (including phenoxy) is 2. The predicted octanol–water partition coefficient (Wildman–Crippen LogP) is 3.81. The fourth-order valence-corrected chi connectivity index (χ4v) is 2.53. The molecule has 1 amide bonds. The Bertz CT molecular complexity index is 661. The fraction of sp³-hybridized carbons (Fsp3) is 0.316. The quantitative estimate of drug-likeness (QED) is 0.913. The number of rotatable bonds is 5. The first-order chi connectivity index (χ1) is 11.2. The van der Waals surface area contributed by atoms with Crippen LogP contribution in [-0.2, 0) is 4.74 Å². The Morgan fingerprint density at radius 2 is 2.09 bits per heavy atom. The summed E-state index contributed by atoms with van der Waals surface area (Å²) in [4.78, 5) is 12.3. The molecule has 1 atom stereocenters. The van der Waals surface area contributed by atoms with E-state index in [2.05, 4.69) is 5.32 Å². The number of carbonyl (C=O) groups excluding carboxylic acids is 1. The van der Waals surface area contributed by atoms with Gasteiger partial charge in [0, 0.05) is 17.9 Å². The monoisotopic (exact) mass is 311 g/mol. The predicted molar refractivity (Wildman–Crippen MR) is 90.0 cm³/mol. The average Bonchev–Trinajstić information content (AvgIpc) is 3.09. The summed E-state index contributed by atoms with van der Waals surface area (Å²) in [5, 5.41) is 2.89. The highest BCUT2D eigenvalue weighted by atomic mass is 16.5. The van der Waals surface area contributed by atoms with Gasteiger partial charge in [0.15, 0.2) is 0 Å². The number of anilines is 1. The van der Waals surface area contributed by atoms with E-state index in [1.54, 1.807) is 12.1 Å². The SMILES string of the molecule is Cc1ccc(NC(=O)c2cccc(OCC3CCCO3)c2)cc1. The topological polar surface area (TPSA) is 47.6 Å². The Morgan fingerprint density at radius 1 is 1.26 bits per heavy atom. The van der Waals surface area contributed by atoms with Gasteiger partial charge < -0.3 is 14.8 Å². The van der Waals surface area contributed by atoms with Crippen molar-refractivity contribution in [2.24, 2.45) is 0 Å². The van der Waals surface area contributed by atoms with Crippen molar-refractivity contribution in [3.05, 3.63) is 59.7 Å². The van der Waals surface area contributed by atoms with Gasteiger partial charge in [0.25, 0.3) is 5.91 Å². The average molecular weight is 311 g/mol. The molecule has 23 heavy (non-hydrogen) atoms. The minimum atomic E-state index is -0.142. The summed E-state index contributed by atoms with van der Waals surface area (Å²) in [6.45, 7) is 3.36. The molecule has 0 aromatic heterocycles. The Labute approximate surface area is 136 Å². The normalized spacial score (nSPS) is 17.0. The first kappa shape index (κ1) is 15.6. The molecule has 120 valence electrons. The highest BCUT2D eigenvalue weighted by Crippen LogP contribution is 2.18. The van der Waals surface area contributed by atoms with Crippen LogP contribution in [-0.4, -0.2) is 25.2 Å². The van der Waals surface area contributed by atoms with E-state index in [4.69, 9.17) is 9.47 Å². The molecule has 1 aliphatic heterocycles. The van der Waals surface area contributed by atoms with E-state index in [9.17, 15) is 4.79 Å². The molecule has 3 rings (SSSR count). The van der Waals surface area contributed by atoms with E-state index in [0.29, 0.717) is 17.9 Å². The van der Waals surface area contributed by atoms with Crippen LogP contribution in [0, 0.1) is 6.92 Å². The third-order valence-electron chi connectivity index (χ3n) is 3.87. The third kappa shape index (κ3) is 4.33. The van der Waals surface area contributed by atoms with Crippen molar-refractivity contribution in [2.75, 3.05) is 18.5 Å². The van der Waals surface area contributed by atoms with Crippen molar-refractivity contribution in [3.63, 3.8) is 0 Å². The molecule has 1 unspecified atom stereocenters. The molecule has 2 aromatic rings. The van der Waals surface area contributed by atoms with Crippen LogP contribution >= 0.6 is 0 Å². The van der Waals surface area contributed by atoms with Crippen molar-refractivity contribution in [3.8, 4) is 5.75 Å². The van der Waals surface area contributed by atoms with Crippen molar-refractivity contribution in [1.82, 2.24) is 0 Å². The van der Waals surface area contributed by atoms with Crippen molar-refractivity contribution in [1.29, 1.82) is 0 Å². The van der Waals surface area contributed by atoms with E-state index in [0.717, 1.165) is 30.7 Å². The van der Waals surface area contributed by atoms with Crippen LogP contribution < -0.4 is 10.1 Å². The first-order valence-electron chi connectivity index (χ1n) is 7.93. The van der Waals surface area contributed by atoms with Gasteiger partial charge in [-0.1, -0.05) is 23.8 Å². The number of amides is 1. The number of aryl methyl sites for hydroxylation is 1. The molecule has 1 heterocycles. The smallest absolute Gasteiger partial charge is 0.255 e. The van der Waals surface area contributed by atoms with Crippen LogP contribution in [0.4, 0.5) is 5.69 Å². The number of hydrogen-bond acceptors (Lipinski definition) is 3. The maximum Gasteiger partial charge on any atom is 0.255 e. The second-order valence-corrected chi connectivity index (χ2v) is 5.79. The Hall–Kier alpha value is -2.33. The van der Waals surface area contributed by atoms with Gasteiger partial charge in [-0.2, -0.15) is 0 Å². The first-order valence-corrected chi connectivity index (χ1v) is 7.93. The molecule has 1 N–H and O–H groups in total. The molecule has 1 saturated heterocycles.